The minimum Gasteiger partial charge on any atom is -0.398 e. The molecular weight excluding hydrogens is 286 g/mol. The summed E-state index contributed by atoms with van der Waals surface area (Å²) in [5.41, 5.74) is 9.62. The van der Waals surface area contributed by atoms with Gasteiger partial charge in [-0.25, -0.2) is 5.01 Å². The third-order valence-electron chi connectivity index (χ3n) is 4.26. The highest BCUT2D eigenvalue weighted by Gasteiger charge is 2.42. The summed E-state index contributed by atoms with van der Waals surface area (Å²) in [6.07, 6.45) is 3.28. The van der Waals surface area contributed by atoms with Crippen molar-refractivity contribution in [2.45, 2.75) is 58.0 Å². The Morgan fingerprint density at radius 1 is 1.24 bits per heavy atom. The van der Waals surface area contributed by atoms with E-state index in [1.165, 1.54) is 6.42 Å². The first-order valence-corrected chi connectivity index (χ1v) is 7.68. The van der Waals surface area contributed by atoms with Crippen LogP contribution in [0.25, 0.3) is 0 Å². The van der Waals surface area contributed by atoms with Crippen LogP contribution in [0.2, 0.25) is 5.02 Å². The minimum absolute atomic E-state index is 0.0740. The number of benzene rings is 1. The van der Waals surface area contributed by atoms with Crippen molar-refractivity contribution in [2.24, 2.45) is 0 Å². The Balaban J connectivity index is 2.22. The van der Waals surface area contributed by atoms with Crippen LogP contribution in [-0.2, 0) is 0 Å². The molecule has 1 saturated heterocycles. The highest BCUT2D eigenvalue weighted by atomic mass is 35.5. The van der Waals surface area contributed by atoms with Crippen LogP contribution in [0.3, 0.4) is 0 Å². The fourth-order valence-electron chi connectivity index (χ4n) is 3.15. The lowest BCUT2D eigenvalue weighted by atomic mass is 9.81. The zero-order valence-electron chi connectivity index (χ0n) is 13.2. The Bertz CT molecular complexity index is 538. The summed E-state index contributed by atoms with van der Waals surface area (Å²) in [6, 6.07) is 4.96. The third-order valence-corrected chi connectivity index (χ3v) is 4.60. The molecule has 1 fully saturated rings. The largest absolute Gasteiger partial charge is 0.398 e. The molecule has 1 aliphatic rings. The van der Waals surface area contributed by atoms with Gasteiger partial charge in [0.05, 0.1) is 10.7 Å². The van der Waals surface area contributed by atoms with Gasteiger partial charge in [-0.15, -0.1) is 0 Å². The van der Waals surface area contributed by atoms with E-state index >= 15 is 0 Å². The normalized spacial score (nSPS) is 21.0. The number of amides is 1. The molecule has 0 aromatic heterocycles. The molecule has 0 bridgehead atoms. The SMILES string of the molecule is CC1(C)CCCC(C)(C)N1NC(=O)c1ccc(Cl)c(N)c1. The maximum absolute atomic E-state index is 12.5. The first-order valence-electron chi connectivity index (χ1n) is 7.30. The molecule has 21 heavy (non-hydrogen) atoms. The predicted molar refractivity (Wildman–Crippen MR) is 87.2 cm³/mol. The highest BCUT2D eigenvalue weighted by molar-refractivity contribution is 6.33. The van der Waals surface area contributed by atoms with E-state index in [-0.39, 0.29) is 17.0 Å². The Labute approximate surface area is 131 Å². The Morgan fingerprint density at radius 2 is 1.81 bits per heavy atom. The zero-order valence-corrected chi connectivity index (χ0v) is 13.9. The molecule has 116 valence electrons. The number of carbonyl (C=O) groups is 1. The zero-order chi connectivity index (χ0) is 15.8. The molecule has 0 atom stereocenters. The lowest BCUT2D eigenvalue weighted by molar-refractivity contribution is -0.0612. The molecule has 0 saturated carbocycles. The lowest BCUT2D eigenvalue weighted by Gasteiger charge is -2.52. The van der Waals surface area contributed by atoms with E-state index in [0.717, 1.165) is 12.8 Å². The van der Waals surface area contributed by atoms with Crippen LogP contribution in [0.15, 0.2) is 18.2 Å². The van der Waals surface area contributed by atoms with Gasteiger partial charge < -0.3 is 5.73 Å². The number of nitrogens with one attached hydrogen (secondary N) is 1. The third kappa shape index (κ3) is 3.33. The Kier molecular flexibility index (Phi) is 4.22. The van der Waals surface area contributed by atoms with Crippen molar-refractivity contribution in [1.29, 1.82) is 0 Å². The van der Waals surface area contributed by atoms with Crippen molar-refractivity contribution in [2.75, 3.05) is 5.73 Å². The quantitative estimate of drug-likeness (QED) is 0.820. The van der Waals surface area contributed by atoms with Crippen LogP contribution < -0.4 is 11.2 Å². The van der Waals surface area contributed by atoms with Gasteiger partial charge in [-0.05, 0) is 65.2 Å². The van der Waals surface area contributed by atoms with Gasteiger partial charge in [0.2, 0.25) is 0 Å². The summed E-state index contributed by atoms with van der Waals surface area (Å²) >= 11 is 5.90. The van der Waals surface area contributed by atoms with Crippen LogP contribution in [0.4, 0.5) is 5.69 Å². The Hall–Kier alpha value is -1.26. The first-order chi connectivity index (χ1) is 9.63. The predicted octanol–water partition coefficient (Wildman–Crippen LogP) is 3.61. The average molecular weight is 310 g/mol. The van der Waals surface area contributed by atoms with E-state index in [0.29, 0.717) is 16.3 Å². The van der Waals surface area contributed by atoms with Gasteiger partial charge in [0.25, 0.3) is 5.91 Å². The fourth-order valence-corrected chi connectivity index (χ4v) is 3.27. The monoisotopic (exact) mass is 309 g/mol. The number of halogens is 1. The Morgan fingerprint density at radius 3 is 2.33 bits per heavy atom. The van der Waals surface area contributed by atoms with Gasteiger partial charge in [-0.1, -0.05) is 11.6 Å². The number of hydrogen-bond donors (Lipinski definition) is 2. The van der Waals surface area contributed by atoms with E-state index in [1.807, 2.05) is 0 Å². The average Bonchev–Trinajstić information content (AvgIpc) is 2.36. The number of carbonyl (C=O) groups excluding carboxylic acids is 1. The number of hydrogen-bond acceptors (Lipinski definition) is 3. The second-order valence-corrected chi connectivity index (χ2v) is 7.40. The molecule has 5 heteroatoms. The van der Waals surface area contributed by atoms with Gasteiger partial charge in [-0.3, -0.25) is 10.2 Å². The topological polar surface area (TPSA) is 58.4 Å². The van der Waals surface area contributed by atoms with Crippen molar-refractivity contribution in [3.05, 3.63) is 28.8 Å². The van der Waals surface area contributed by atoms with E-state index in [4.69, 9.17) is 17.3 Å². The van der Waals surface area contributed by atoms with E-state index in [1.54, 1.807) is 18.2 Å². The summed E-state index contributed by atoms with van der Waals surface area (Å²) < 4.78 is 0. The van der Waals surface area contributed by atoms with Gasteiger partial charge in [0, 0.05) is 16.6 Å². The summed E-state index contributed by atoms with van der Waals surface area (Å²) in [4.78, 5) is 12.5. The number of piperidine rings is 1. The number of nitrogens with two attached hydrogens (primary N) is 1. The summed E-state index contributed by atoms with van der Waals surface area (Å²) in [6.45, 7) is 8.63. The molecule has 2 rings (SSSR count). The van der Waals surface area contributed by atoms with Crippen molar-refractivity contribution >= 4 is 23.2 Å². The number of hydrazine groups is 1. The maximum Gasteiger partial charge on any atom is 0.265 e. The molecule has 1 amide bonds. The molecule has 0 radical (unpaired) electrons. The fraction of sp³-hybridized carbons (Fsp3) is 0.562. The molecule has 4 nitrogen and oxygen atoms in total. The summed E-state index contributed by atoms with van der Waals surface area (Å²) in [7, 11) is 0. The van der Waals surface area contributed by atoms with Crippen LogP contribution in [0.1, 0.15) is 57.3 Å². The molecule has 1 aromatic rings. The first kappa shape index (κ1) is 16.1. The minimum atomic E-state index is -0.151. The lowest BCUT2D eigenvalue weighted by Crippen LogP contribution is -2.65. The summed E-state index contributed by atoms with van der Waals surface area (Å²) in [5.74, 6) is -0.151. The number of nitrogens with zero attached hydrogens (tertiary/aromatic N) is 1. The van der Waals surface area contributed by atoms with Crippen molar-refractivity contribution in [3.8, 4) is 0 Å². The molecular formula is C16H24ClN3O. The second kappa shape index (κ2) is 5.50. The van der Waals surface area contributed by atoms with E-state index < -0.39 is 0 Å². The molecule has 1 aromatic carbocycles. The van der Waals surface area contributed by atoms with E-state index in [9.17, 15) is 4.79 Å². The highest BCUT2D eigenvalue weighted by Crippen LogP contribution is 2.36. The molecule has 0 unspecified atom stereocenters. The number of anilines is 1. The van der Waals surface area contributed by atoms with Crippen LogP contribution in [0, 0.1) is 0 Å². The standard InChI is InChI=1S/C16H24ClN3O/c1-15(2)8-5-9-16(3,4)20(15)19-14(21)11-6-7-12(17)13(18)10-11/h6-7,10H,5,8-9,18H2,1-4H3,(H,19,21). The smallest absolute Gasteiger partial charge is 0.265 e. The van der Waals surface area contributed by atoms with Crippen LogP contribution in [0.5, 0.6) is 0 Å². The van der Waals surface area contributed by atoms with Gasteiger partial charge in [0.1, 0.15) is 0 Å². The van der Waals surface area contributed by atoms with Gasteiger partial charge >= 0.3 is 0 Å². The molecule has 0 aliphatic carbocycles. The van der Waals surface area contributed by atoms with Crippen molar-refractivity contribution < 1.29 is 4.79 Å². The van der Waals surface area contributed by atoms with Crippen LogP contribution in [-0.4, -0.2) is 22.0 Å². The van der Waals surface area contributed by atoms with Gasteiger partial charge in [0.15, 0.2) is 0 Å². The molecule has 0 spiro atoms. The summed E-state index contributed by atoms with van der Waals surface area (Å²) in [5, 5.41) is 2.54. The molecule has 1 aliphatic heterocycles. The number of rotatable bonds is 2. The van der Waals surface area contributed by atoms with Crippen molar-refractivity contribution in [1.82, 2.24) is 10.4 Å². The van der Waals surface area contributed by atoms with Gasteiger partial charge in [-0.2, -0.15) is 0 Å². The molecule has 3 N–H and O–H groups in total. The maximum atomic E-state index is 12.5. The number of nitrogen functional groups attached to an aromatic ring is 1. The van der Waals surface area contributed by atoms with Crippen molar-refractivity contribution in [3.63, 3.8) is 0 Å². The molecule has 1 heterocycles. The van der Waals surface area contributed by atoms with E-state index in [2.05, 4.69) is 38.1 Å². The second-order valence-electron chi connectivity index (χ2n) is 6.99. The van der Waals surface area contributed by atoms with Crippen LogP contribution >= 0.6 is 11.6 Å².